The molecule has 0 saturated heterocycles. The standard InChI is InChI=1S/C16H16ClNO3S/c17-11-16(19)18-12-15(13-7-3-1-4-8-13)22(20,21)14-9-5-2-6-10-14/h1-10,15H,11-12H2,(H,18,19)/t15-/m1/s1. The van der Waals surface area contributed by atoms with E-state index in [-0.39, 0.29) is 17.3 Å². The number of halogens is 1. The largest absolute Gasteiger partial charge is 0.353 e. The third-order valence-corrected chi connectivity index (χ3v) is 5.58. The second-order valence-corrected chi connectivity index (χ2v) is 7.09. The van der Waals surface area contributed by atoms with E-state index in [2.05, 4.69) is 5.32 Å². The maximum Gasteiger partial charge on any atom is 0.234 e. The molecule has 116 valence electrons. The zero-order chi connectivity index (χ0) is 16.0. The summed E-state index contributed by atoms with van der Waals surface area (Å²) in [5, 5.41) is 1.70. The summed E-state index contributed by atoms with van der Waals surface area (Å²) in [7, 11) is -3.62. The Bertz CT molecular complexity index is 718. The molecule has 0 saturated carbocycles. The molecule has 2 aromatic rings. The summed E-state index contributed by atoms with van der Waals surface area (Å²) >= 11 is 5.45. The van der Waals surface area contributed by atoms with Crippen LogP contribution in [-0.4, -0.2) is 26.7 Å². The first-order valence-electron chi connectivity index (χ1n) is 6.72. The highest BCUT2D eigenvalue weighted by atomic mass is 35.5. The summed E-state index contributed by atoms with van der Waals surface area (Å²) in [6.07, 6.45) is 0. The highest BCUT2D eigenvalue weighted by Gasteiger charge is 2.29. The van der Waals surface area contributed by atoms with E-state index in [1.54, 1.807) is 54.6 Å². The average Bonchev–Trinajstić information content (AvgIpc) is 2.56. The molecule has 22 heavy (non-hydrogen) atoms. The molecular weight excluding hydrogens is 322 g/mol. The second kappa shape index (κ2) is 7.42. The van der Waals surface area contributed by atoms with Gasteiger partial charge in [0.1, 0.15) is 11.1 Å². The number of hydrogen-bond donors (Lipinski definition) is 1. The number of amides is 1. The second-order valence-electron chi connectivity index (χ2n) is 4.70. The molecule has 0 heterocycles. The van der Waals surface area contributed by atoms with E-state index in [4.69, 9.17) is 11.6 Å². The summed E-state index contributed by atoms with van der Waals surface area (Å²) in [4.78, 5) is 11.6. The zero-order valence-electron chi connectivity index (χ0n) is 11.8. The first-order chi connectivity index (χ1) is 10.6. The van der Waals surface area contributed by atoms with E-state index in [0.717, 1.165) is 0 Å². The van der Waals surface area contributed by atoms with Crippen molar-refractivity contribution in [2.45, 2.75) is 10.1 Å². The Morgan fingerprint density at radius 3 is 2.09 bits per heavy atom. The number of carbonyl (C=O) groups is 1. The third kappa shape index (κ3) is 3.87. The fraction of sp³-hybridized carbons (Fsp3) is 0.188. The van der Waals surface area contributed by atoms with E-state index in [1.165, 1.54) is 0 Å². The molecule has 0 unspecified atom stereocenters. The van der Waals surface area contributed by atoms with Gasteiger partial charge in [0, 0.05) is 6.54 Å². The normalized spacial score (nSPS) is 12.6. The predicted molar refractivity (Wildman–Crippen MR) is 86.5 cm³/mol. The number of rotatable bonds is 6. The molecule has 0 aliphatic carbocycles. The van der Waals surface area contributed by atoms with Gasteiger partial charge >= 0.3 is 0 Å². The Hall–Kier alpha value is -1.85. The SMILES string of the molecule is O=C(CCl)NC[C@H](c1ccccc1)S(=O)(=O)c1ccccc1. The number of sulfone groups is 1. The predicted octanol–water partition coefficient (Wildman–Crippen LogP) is 2.56. The molecule has 0 radical (unpaired) electrons. The van der Waals surface area contributed by atoms with Gasteiger partial charge in [0.25, 0.3) is 0 Å². The van der Waals surface area contributed by atoms with Gasteiger partial charge in [0.05, 0.1) is 4.90 Å². The van der Waals surface area contributed by atoms with Crippen LogP contribution >= 0.6 is 11.6 Å². The van der Waals surface area contributed by atoms with Crippen molar-refractivity contribution in [2.24, 2.45) is 0 Å². The monoisotopic (exact) mass is 337 g/mol. The Kier molecular flexibility index (Phi) is 5.57. The summed E-state index contributed by atoms with van der Waals surface area (Å²) in [5.41, 5.74) is 0.626. The molecule has 0 spiro atoms. The quantitative estimate of drug-likeness (QED) is 0.824. The van der Waals surface area contributed by atoms with Crippen LogP contribution in [0.3, 0.4) is 0 Å². The Labute approximate surface area is 135 Å². The van der Waals surface area contributed by atoms with Crippen molar-refractivity contribution in [3.63, 3.8) is 0 Å². The zero-order valence-corrected chi connectivity index (χ0v) is 13.3. The van der Waals surface area contributed by atoms with Crippen LogP contribution in [0.5, 0.6) is 0 Å². The highest BCUT2D eigenvalue weighted by Crippen LogP contribution is 2.28. The van der Waals surface area contributed by atoms with E-state index in [1.807, 2.05) is 6.07 Å². The molecule has 0 aliphatic rings. The van der Waals surface area contributed by atoms with Crippen LogP contribution < -0.4 is 5.32 Å². The molecule has 2 aromatic carbocycles. The number of carbonyl (C=O) groups excluding carboxylic acids is 1. The molecule has 0 aromatic heterocycles. The first-order valence-corrected chi connectivity index (χ1v) is 8.80. The summed E-state index contributed by atoms with van der Waals surface area (Å²) < 4.78 is 25.7. The van der Waals surface area contributed by atoms with Crippen molar-refractivity contribution in [2.75, 3.05) is 12.4 Å². The molecule has 1 atom stereocenters. The molecular formula is C16H16ClNO3S. The van der Waals surface area contributed by atoms with Gasteiger partial charge in [0.2, 0.25) is 5.91 Å². The van der Waals surface area contributed by atoms with Crippen molar-refractivity contribution >= 4 is 27.3 Å². The van der Waals surface area contributed by atoms with Gasteiger partial charge in [-0.05, 0) is 17.7 Å². The van der Waals surface area contributed by atoms with Gasteiger partial charge in [-0.2, -0.15) is 0 Å². The summed E-state index contributed by atoms with van der Waals surface area (Å²) in [6.45, 7) is -0.0210. The smallest absolute Gasteiger partial charge is 0.234 e. The lowest BCUT2D eigenvalue weighted by Crippen LogP contribution is -2.32. The molecule has 0 fully saturated rings. The van der Waals surface area contributed by atoms with E-state index in [9.17, 15) is 13.2 Å². The molecule has 2 rings (SSSR count). The lowest BCUT2D eigenvalue weighted by Gasteiger charge is -2.18. The molecule has 0 bridgehead atoms. The fourth-order valence-electron chi connectivity index (χ4n) is 2.10. The molecule has 4 nitrogen and oxygen atoms in total. The van der Waals surface area contributed by atoms with Crippen LogP contribution in [0, 0.1) is 0 Å². The molecule has 1 N–H and O–H groups in total. The average molecular weight is 338 g/mol. The van der Waals surface area contributed by atoms with Gasteiger partial charge in [-0.3, -0.25) is 4.79 Å². The van der Waals surface area contributed by atoms with Crippen molar-refractivity contribution in [3.8, 4) is 0 Å². The number of benzene rings is 2. The topological polar surface area (TPSA) is 63.2 Å². The minimum absolute atomic E-state index is 0.0210. The summed E-state index contributed by atoms with van der Waals surface area (Å²) in [5.74, 6) is -0.599. The third-order valence-electron chi connectivity index (χ3n) is 3.22. The number of hydrogen-bond acceptors (Lipinski definition) is 3. The van der Waals surface area contributed by atoms with Crippen molar-refractivity contribution in [3.05, 3.63) is 66.2 Å². The van der Waals surface area contributed by atoms with Gasteiger partial charge in [-0.25, -0.2) is 8.42 Å². The van der Waals surface area contributed by atoms with E-state index >= 15 is 0 Å². The minimum Gasteiger partial charge on any atom is -0.353 e. The minimum atomic E-state index is -3.62. The first kappa shape index (κ1) is 16.5. The van der Waals surface area contributed by atoms with Gasteiger partial charge in [-0.1, -0.05) is 48.5 Å². The van der Waals surface area contributed by atoms with Crippen LogP contribution in [0.15, 0.2) is 65.6 Å². The molecule has 1 amide bonds. The van der Waals surface area contributed by atoms with Crippen LogP contribution in [0.25, 0.3) is 0 Å². The van der Waals surface area contributed by atoms with E-state index in [0.29, 0.717) is 5.56 Å². The maximum atomic E-state index is 12.8. The Morgan fingerprint density at radius 1 is 1.00 bits per heavy atom. The van der Waals surface area contributed by atoms with Crippen molar-refractivity contribution in [1.82, 2.24) is 5.32 Å². The van der Waals surface area contributed by atoms with Crippen LogP contribution in [-0.2, 0) is 14.6 Å². The van der Waals surface area contributed by atoms with E-state index < -0.39 is 21.0 Å². The number of alkyl halides is 1. The highest BCUT2D eigenvalue weighted by molar-refractivity contribution is 7.91. The molecule has 6 heteroatoms. The summed E-state index contributed by atoms with van der Waals surface area (Å²) in [6, 6.07) is 17.0. The van der Waals surface area contributed by atoms with Gasteiger partial charge < -0.3 is 5.32 Å². The Morgan fingerprint density at radius 2 is 1.55 bits per heavy atom. The van der Waals surface area contributed by atoms with Gasteiger partial charge in [0.15, 0.2) is 9.84 Å². The van der Waals surface area contributed by atoms with Gasteiger partial charge in [-0.15, -0.1) is 11.6 Å². The molecule has 0 aliphatic heterocycles. The fourth-order valence-corrected chi connectivity index (χ4v) is 3.88. The maximum absolute atomic E-state index is 12.8. The van der Waals surface area contributed by atoms with Crippen molar-refractivity contribution in [1.29, 1.82) is 0 Å². The van der Waals surface area contributed by atoms with Crippen LogP contribution in [0.2, 0.25) is 0 Å². The lowest BCUT2D eigenvalue weighted by molar-refractivity contribution is -0.118. The lowest BCUT2D eigenvalue weighted by atomic mass is 10.1. The Balaban J connectivity index is 2.38. The van der Waals surface area contributed by atoms with Crippen LogP contribution in [0.4, 0.5) is 0 Å². The number of nitrogens with one attached hydrogen (secondary N) is 1. The van der Waals surface area contributed by atoms with Crippen LogP contribution in [0.1, 0.15) is 10.8 Å². The van der Waals surface area contributed by atoms with Crippen molar-refractivity contribution < 1.29 is 13.2 Å².